The van der Waals surface area contributed by atoms with Crippen molar-refractivity contribution in [3.63, 3.8) is 0 Å². The molecule has 0 aliphatic carbocycles. The molecule has 0 aliphatic rings. The Morgan fingerprint density at radius 3 is 2.33 bits per heavy atom. The molecule has 0 aliphatic heterocycles. The molecule has 0 amide bonds. The van der Waals surface area contributed by atoms with E-state index < -0.39 is 9.85 Å². The Morgan fingerprint density at radius 1 is 1.22 bits per heavy atom. The highest BCUT2D eigenvalue weighted by Gasteiger charge is 2.23. The van der Waals surface area contributed by atoms with E-state index in [0.29, 0.717) is 13.2 Å². The van der Waals surface area contributed by atoms with Crippen LogP contribution in [0.15, 0.2) is 18.2 Å². The fraction of sp³-hybridized carbons (Fsp3) is 0.400. The summed E-state index contributed by atoms with van der Waals surface area (Å²) in [5.74, 6) is 0. The second-order valence-corrected chi connectivity index (χ2v) is 3.30. The zero-order chi connectivity index (χ0) is 13.7. The quantitative estimate of drug-likeness (QED) is 0.571. The zero-order valence-electron chi connectivity index (χ0n) is 10.0. The van der Waals surface area contributed by atoms with Gasteiger partial charge in [0, 0.05) is 12.6 Å². The fourth-order valence-corrected chi connectivity index (χ4v) is 1.47. The zero-order valence-corrected chi connectivity index (χ0v) is 10.0. The molecule has 0 saturated carbocycles. The summed E-state index contributed by atoms with van der Waals surface area (Å²) in [5, 5.41) is 22.8. The number of hydroxylamine groups is 1. The molecule has 18 heavy (non-hydrogen) atoms. The summed E-state index contributed by atoms with van der Waals surface area (Å²) in [7, 11) is 0. The van der Waals surface area contributed by atoms with Crippen molar-refractivity contribution in [1.82, 2.24) is 0 Å². The van der Waals surface area contributed by atoms with Gasteiger partial charge in [0.05, 0.1) is 22.5 Å². The lowest BCUT2D eigenvalue weighted by Crippen LogP contribution is -2.23. The van der Waals surface area contributed by atoms with E-state index in [1.165, 1.54) is 17.2 Å². The number of hydrogen-bond acceptors (Lipinski definition) is 6. The summed E-state index contributed by atoms with van der Waals surface area (Å²) in [5.41, 5.74) is -0.465. The Balaban J connectivity index is 3.26. The van der Waals surface area contributed by atoms with Crippen LogP contribution >= 0.6 is 0 Å². The lowest BCUT2D eigenvalue weighted by Gasteiger charge is -2.20. The average Bonchev–Trinajstić information content (AvgIpc) is 2.35. The molecule has 8 heteroatoms. The number of nitro groups is 2. The number of rotatable bonds is 6. The number of non-ortho nitro benzene ring substituents is 1. The summed E-state index contributed by atoms with van der Waals surface area (Å²) in [4.78, 5) is 25.4. The Kier molecular flexibility index (Phi) is 4.55. The summed E-state index contributed by atoms with van der Waals surface area (Å²) in [6.45, 7) is 4.26. The van der Waals surface area contributed by atoms with Crippen LogP contribution in [-0.4, -0.2) is 23.0 Å². The number of nitrogens with zero attached hydrogens (tertiary/aromatic N) is 3. The van der Waals surface area contributed by atoms with E-state index in [1.807, 2.05) is 0 Å². The molecule has 0 unspecified atom stereocenters. The van der Waals surface area contributed by atoms with Crippen LogP contribution < -0.4 is 5.06 Å². The molecular weight excluding hydrogens is 242 g/mol. The largest absolute Gasteiger partial charge is 0.301 e. The fourth-order valence-electron chi connectivity index (χ4n) is 1.47. The molecule has 0 N–H and O–H groups in total. The van der Waals surface area contributed by atoms with Crippen LogP contribution in [0.1, 0.15) is 13.8 Å². The Hall–Kier alpha value is -2.22. The highest BCUT2D eigenvalue weighted by Crippen LogP contribution is 2.31. The third-order valence-electron chi connectivity index (χ3n) is 2.21. The summed E-state index contributed by atoms with van der Waals surface area (Å²) < 4.78 is 0. The van der Waals surface area contributed by atoms with Gasteiger partial charge in [-0.25, -0.2) is 5.06 Å². The van der Waals surface area contributed by atoms with Gasteiger partial charge in [0.2, 0.25) is 0 Å². The van der Waals surface area contributed by atoms with Gasteiger partial charge in [0.15, 0.2) is 0 Å². The molecular formula is C10H13N3O5. The minimum atomic E-state index is -0.673. The molecule has 0 spiro atoms. The molecule has 98 valence electrons. The van der Waals surface area contributed by atoms with Crippen molar-refractivity contribution >= 4 is 17.1 Å². The van der Waals surface area contributed by atoms with Gasteiger partial charge in [-0.05, 0) is 19.9 Å². The van der Waals surface area contributed by atoms with Gasteiger partial charge in [-0.15, -0.1) is 0 Å². The molecule has 0 fully saturated rings. The van der Waals surface area contributed by atoms with Crippen molar-refractivity contribution in [3.05, 3.63) is 38.4 Å². The lowest BCUT2D eigenvalue weighted by molar-refractivity contribution is -0.393. The summed E-state index contributed by atoms with van der Waals surface area (Å²) in [6.07, 6.45) is 0. The van der Waals surface area contributed by atoms with Crippen molar-refractivity contribution in [2.45, 2.75) is 13.8 Å². The lowest BCUT2D eigenvalue weighted by atomic mass is 10.2. The van der Waals surface area contributed by atoms with Crippen LogP contribution in [0.4, 0.5) is 17.1 Å². The average molecular weight is 255 g/mol. The monoisotopic (exact) mass is 255 g/mol. The second kappa shape index (κ2) is 5.92. The van der Waals surface area contributed by atoms with E-state index in [4.69, 9.17) is 4.84 Å². The van der Waals surface area contributed by atoms with Gasteiger partial charge in [-0.2, -0.15) is 0 Å². The van der Waals surface area contributed by atoms with Crippen molar-refractivity contribution < 1.29 is 14.7 Å². The molecule has 1 rings (SSSR count). The predicted octanol–water partition coefficient (Wildman–Crippen LogP) is 2.28. The van der Waals surface area contributed by atoms with Crippen molar-refractivity contribution in [3.8, 4) is 0 Å². The third-order valence-corrected chi connectivity index (χ3v) is 2.21. The van der Waals surface area contributed by atoms with E-state index in [1.54, 1.807) is 13.8 Å². The van der Waals surface area contributed by atoms with Gasteiger partial charge in [0.1, 0.15) is 5.69 Å². The van der Waals surface area contributed by atoms with Gasteiger partial charge >= 0.3 is 5.69 Å². The van der Waals surface area contributed by atoms with E-state index in [0.717, 1.165) is 6.07 Å². The molecule has 0 aromatic heterocycles. The van der Waals surface area contributed by atoms with E-state index in [-0.39, 0.29) is 17.1 Å². The number of anilines is 1. The third kappa shape index (κ3) is 2.92. The van der Waals surface area contributed by atoms with Crippen molar-refractivity contribution in [2.24, 2.45) is 0 Å². The van der Waals surface area contributed by atoms with Crippen molar-refractivity contribution in [2.75, 3.05) is 18.2 Å². The molecule has 0 saturated heterocycles. The second-order valence-electron chi connectivity index (χ2n) is 3.30. The SMILES string of the molecule is CCON(CC)c1ccc([N+](=O)[O-])cc1[N+](=O)[O-]. The van der Waals surface area contributed by atoms with Gasteiger partial charge in [-0.1, -0.05) is 0 Å². The van der Waals surface area contributed by atoms with Crippen LogP contribution in [0.5, 0.6) is 0 Å². The van der Waals surface area contributed by atoms with Crippen LogP contribution in [0.25, 0.3) is 0 Å². The van der Waals surface area contributed by atoms with Gasteiger partial charge in [-0.3, -0.25) is 25.1 Å². The van der Waals surface area contributed by atoms with Crippen LogP contribution in [0.2, 0.25) is 0 Å². The Labute approximate surface area is 103 Å². The standard InChI is InChI=1S/C10H13N3O5/c1-3-11(18-4-2)9-6-5-8(12(14)15)7-10(9)13(16)17/h5-7H,3-4H2,1-2H3. The number of benzene rings is 1. The van der Waals surface area contributed by atoms with E-state index >= 15 is 0 Å². The maximum atomic E-state index is 10.9. The van der Waals surface area contributed by atoms with Gasteiger partial charge in [0.25, 0.3) is 5.69 Å². The van der Waals surface area contributed by atoms with Crippen molar-refractivity contribution in [1.29, 1.82) is 0 Å². The Morgan fingerprint density at radius 2 is 1.89 bits per heavy atom. The first-order chi connectivity index (χ1) is 8.51. The Bertz CT molecular complexity index is 463. The predicted molar refractivity (Wildman–Crippen MR) is 64.4 cm³/mol. The molecule has 0 heterocycles. The summed E-state index contributed by atoms with van der Waals surface area (Å²) in [6, 6.07) is 3.45. The first-order valence-electron chi connectivity index (χ1n) is 5.34. The molecule has 0 bridgehead atoms. The number of hydrogen-bond donors (Lipinski definition) is 0. The van der Waals surface area contributed by atoms with E-state index in [9.17, 15) is 20.2 Å². The molecule has 1 aromatic carbocycles. The maximum Gasteiger partial charge on any atom is 0.301 e. The molecule has 8 nitrogen and oxygen atoms in total. The topological polar surface area (TPSA) is 98.8 Å². The highest BCUT2D eigenvalue weighted by atomic mass is 16.7. The van der Waals surface area contributed by atoms with E-state index in [2.05, 4.69) is 0 Å². The smallest absolute Gasteiger partial charge is 0.274 e. The summed E-state index contributed by atoms with van der Waals surface area (Å²) >= 11 is 0. The first-order valence-corrected chi connectivity index (χ1v) is 5.34. The normalized spacial score (nSPS) is 10.1. The van der Waals surface area contributed by atoms with Crippen LogP contribution in [-0.2, 0) is 4.84 Å². The maximum absolute atomic E-state index is 10.9. The van der Waals surface area contributed by atoms with Crippen LogP contribution in [0, 0.1) is 20.2 Å². The minimum absolute atomic E-state index is 0.204. The molecule has 0 atom stereocenters. The first kappa shape index (κ1) is 13.8. The highest BCUT2D eigenvalue weighted by molar-refractivity contribution is 5.65. The number of nitro benzene ring substituents is 2. The minimum Gasteiger partial charge on any atom is -0.274 e. The molecule has 1 aromatic rings. The molecule has 0 radical (unpaired) electrons. The van der Waals surface area contributed by atoms with Gasteiger partial charge < -0.3 is 0 Å². The van der Waals surface area contributed by atoms with Crippen LogP contribution in [0.3, 0.4) is 0 Å².